The standard InChI is InChI=1S/C18H17FN2O/c1-12-8-15(18(19)11-21-12)10-14-9-13(6-7-22-20)16-4-2-3-5-17(14)16/h2-5,8-11H,6-7,20H2,1H3. The lowest BCUT2D eigenvalue weighted by atomic mass is 10.0. The topological polar surface area (TPSA) is 48.1 Å². The predicted octanol–water partition coefficient (Wildman–Crippen LogP) is 3.75. The Bertz CT molecular complexity index is 765. The van der Waals surface area contributed by atoms with E-state index < -0.39 is 0 Å². The minimum absolute atomic E-state index is 0.317. The highest BCUT2D eigenvalue weighted by molar-refractivity contribution is 6.01. The SMILES string of the molecule is Cc1cc(C=C2C=C(CCON)c3ccccc32)c(F)cn1. The number of allylic oxidation sites excluding steroid dienone is 2. The van der Waals surface area contributed by atoms with Crippen LogP contribution in [0.3, 0.4) is 0 Å². The van der Waals surface area contributed by atoms with Gasteiger partial charge >= 0.3 is 0 Å². The van der Waals surface area contributed by atoms with Crippen LogP contribution < -0.4 is 5.90 Å². The molecule has 112 valence electrons. The Morgan fingerprint density at radius 3 is 2.82 bits per heavy atom. The van der Waals surface area contributed by atoms with Gasteiger partial charge in [0.1, 0.15) is 5.82 Å². The van der Waals surface area contributed by atoms with Crippen molar-refractivity contribution in [3.63, 3.8) is 0 Å². The molecule has 4 heteroatoms. The summed E-state index contributed by atoms with van der Waals surface area (Å²) in [6.07, 6.45) is 5.91. The molecule has 1 aromatic carbocycles. The monoisotopic (exact) mass is 296 g/mol. The number of aromatic nitrogens is 1. The molecule has 0 fully saturated rings. The van der Waals surface area contributed by atoms with Crippen LogP contribution in [0.15, 0.2) is 42.6 Å². The number of nitrogens with two attached hydrogens (primary N) is 1. The van der Waals surface area contributed by atoms with E-state index in [-0.39, 0.29) is 5.82 Å². The minimum Gasteiger partial charge on any atom is -0.304 e. The molecule has 2 aromatic rings. The van der Waals surface area contributed by atoms with E-state index in [2.05, 4.69) is 22.0 Å². The van der Waals surface area contributed by atoms with Crippen molar-refractivity contribution >= 4 is 17.2 Å². The maximum Gasteiger partial charge on any atom is 0.148 e. The summed E-state index contributed by atoms with van der Waals surface area (Å²) in [5, 5.41) is 0. The third-order valence-electron chi connectivity index (χ3n) is 3.74. The number of benzene rings is 1. The van der Waals surface area contributed by atoms with Gasteiger partial charge in [0.05, 0.1) is 12.8 Å². The molecule has 1 aliphatic rings. The molecule has 0 amide bonds. The molecule has 1 aromatic heterocycles. The van der Waals surface area contributed by atoms with E-state index in [9.17, 15) is 4.39 Å². The Balaban J connectivity index is 2.05. The first-order valence-corrected chi connectivity index (χ1v) is 7.15. The van der Waals surface area contributed by atoms with Crippen molar-refractivity contribution in [2.24, 2.45) is 5.90 Å². The molecule has 0 saturated heterocycles. The number of fused-ring (bicyclic) bond motifs is 1. The third kappa shape index (κ3) is 2.84. The fourth-order valence-corrected chi connectivity index (χ4v) is 2.70. The zero-order valence-electron chi connectivity index (χ0n) is 12.3. The first-order valence-electron chi connectivity index (χ1n) is 7.15. The molecule has 0 unspecified atom stereocenters. The van der Waals surface area contributed by atoms with E-state index in [1.807, 2.05) is 31.2 Å². The minimum atomic E-state index is -0.317. The van der Waals surface area contributed by atoms with Crippen LogP contribution in [0.4, 0.5) is 4.39 Å². The van der Waals surface area contributed by atoms with Crippen LogP contribution in [0.5, 0.6) is 0 Å². The molecule has 0 spiro atoms. The molecule has 1 aliphatic carbocycles. The summed E-state index contributed by atoms with van der Waals surface area (Å²) >= 11 is 0. The normalized spacial score (nSPS) is 15.0. The highest BCUT2D eigenvalue weighted by Crippen LogP contribution is 2.38. The fourth-order valence-electron chi connectivity index (χ4n) is 2.70. The largest absolute Gasteiger partial charge is 0.304 e. The first kappa shape index (κ1) is 14.6. The van der Waals surface area contributed by atoms with Crippen molar-refractivity contribution in [2.45, 2.75) is 13.3 Å². The zero-order valence-corrected chi connectivity index (χ0v) is 12.3. The van der Waals surface area contributed by atoms with Gasteiger partial charge in [-0.2, -0.15) is 0 Å². The fraction of sp³-hybridized carbons (Fsp3) is 0.167. The first-order chi connectivity index (χ1) is 10.7. The summed E-state index contributed by atoms with van der Waals surface area (Å²) in [4.78, 5) is 8.64. The van der Waals surface area contributed by atoms with Crippen LogP contribution in [-0.4, -0.2) is 11.6 Å². The number of hydrogen-bond donors (Lipinski definition) is 1. The molecule has 0 aliphatic heterocycles. The number of hydrogen-bond acceptors (Lipinski definition) is 3. The van der Waals surface area contributed by atoms with Crippen LogP contribution in [0.2, 0.25) is 0 Å². The Kier molecular flexibility index (Phi) is 4.13. The van der Waals surface area contributed by atoms with Crippen molar-refractivity contribution in [3.05, 3.63) is 70.8 Å². The number of aryl methyl sites for hydroxylation is 1. The lowest BCUT2D eigenvalue weighted by molar-refractivity contribution is 0.144. The average molecular weight is 296 g/mol. The highest BCUT2D eigenvalue weighted by atomic mass is 19.1. The molecular weight excluding hydrogens is 279 g/mol. The molecule has 0 saturated carbocycles. The molecule has 0 bridgehead atoms. The maximum absolute atomic E-state index is 13.9. The summed E-state index contributed by atoms with van der Waals surface area (Å²) in [6.45, 7) is 2.31. The van der Waals surface area contributed by atoms with E-state index in [4.69, 9.17) is 5.90 Å². The quantitative estimate of drug-likeness (QED) is 0.874. The highest BCUT2D eigenvalue weighted by Gasteiger charge is 2.18. The average Bonchev–Trinajstić information content (AvgIpc) is 2.87. The van der Waals surface area contributed by atoms with Crippen molar-refractivity contribution in [1.82, 2.24) is 4.98 Å². The van der Waals surface area contributed by atoms with Gasteiger partial charge in [-0.3, -0.25) is 4.98 Å². The lowest BCUT2D eigenvalue weighted by Gasteiger charge is -2.04. The number of halogens is 1. The summed E-state index contributed by atoms with van der Waals surface area (Å²) in [7, 11) is 0. The molecule has 3 rings (SSSR count). The second-order valence-electron chi connectivity index (χ2n) is 5.28. The summed E-state index contributed by atoms with van der Waals surface area (Å²) in [5.74, 6) is 4.81. The van der Waals surface area contributed by atoms with Gasteiger partial charge in [0.15, 0.2) is 0 Å². The van der Waals surface area contributed by atoms with Crippen molar-refractivity contribution in [2.75, 3.05) is 6.61 Å². The van der Waals surface area contributed by atoms with E-state index in [0.29, 0.717) is 12.2 Å². The molecule has 3 nitrogen and oxygen atoms in total. The zero-order chi connectivity index (χ0) is 15.5. The molecule has 1 heterocycles. The van der Waals surface area contributed by atoms with Crippen molar-refractivity contribution in [1.29, 1.82) is 0 Å². The number of nitrogens with zero attached hydrogens (tertiary/aromatic N) is 1. The third-order valence-corrected chi connectivity index (χ3v) is 3.74. The van der Waals surface area contributed by atoms with Gasteiger partial charge in [-0.25, -0.2) is 10.3 Å². The second-order valence-corrected chi connectivity index (χ2v) is 5.28. The van der Waals surface area contributed by atoms with Crippen molar-refractivity contribution in [3.8, 4) is 0 Å². The summed E-state index contributed by atoms with van der Waals surface area (Å²) in [6, 6.07) is 9.83. The maximum atomic E-state index is 13.9. The Hall–Kier alpha value is -2.30. The van der Waals surface area contributed by atoms with Crippen LogP contribution in [0.25, 0.3) is 17.2 Å². The van der Waals surface area contributed by atoms with Crippen LogP contribution in [-0.2, 0) is 4.84 Å². The summed E-state index contributed by atoms with van der Waals surface area (Å²) < 4.78 is 13.9. The van der Waals surface area contributed by atoms with Crippen LogP contribution in [0.1, 0.15) is 28.8 Å². The van der Waals surface area contributed by atoms with E-state index in [1.54, 1.807) is 6.07 Å². The van der Waals surface area contributed by atoms with Gasteiger partial charge < -0.3 is 4.84 Å². The molecule has 2 N–H and O–H groups in total. The van der Waals surface area contributed by atoms with Crippen molar-refractivity contribution < 1.29 is 9.23 Å². The van der Waals surface area contributed by atoms with Gasteiger partial charge in [0.2, 0.25) is 0 Å². The lowest BCUT2D eigenvalue weighted by Crippen LogP contribution is -2.01. The smallest absolute Gasteiger partial charge is 0.148 e. The van der Waals surface area contributed by atoms with Gasteiger partial charge in [-0.05, 0) is 47.8 Å². The predicted molar refractivity (Wildman–Crippen MR) is 86.0 cm³/mol. The van der Waals surface area contributed by atoms with Gasteiger partial charge in [0.25, 0.3) is 0 Å². The van der Waals surface area contributed by atoms with E-state index in [1.165, 1.54) is 6.20 Å². The second kappa shape index (κ2) is 6.22. The molecular formula is C18H17FN2O. The number of pyridine rings is 1. The summed E-state index contributed by atoms with van der Waals surface area (Å²) in [5.41, 5.74) is 5.73. The molecule has 0 radical (unpaired) electrons. The van der Waals surface area contributed by atoms with Crippen LogP contribution >= 0.6 is 0 Å². The van der Waals surface area contributed by atoms with Gasteiger partial charge in [-0.15, -0.1) is 0 Å². The Labute approximate surface area is 128 Å². The van der Waals surface area contributed by atoms with E-state index >= 15 is 0 Å². The Morgan fingerprint density at radius 2 is 2.05 bits per heavy atom. The van der Waals surface area contributed by atoms with Crippen LogP contribution in [0, 0.1) is 12.7 Å². The molecule has 0 atom stereocenters. The van der Waals surface area contributed by atoms with Gasteiger partial charge in [-0.1, -0.05) is 30.3 Å². The molecule has 22 heavy (non-hydrogen) atoms. The Morgan fingerprint density at radius 1 is 1.27 bits per heavy atom. The van der Waals surface area contributed by atoms with E-state index in [0.717, 1.165) is 34.4 Å². The number of rotatable bonds is 4. The van der Waals surface area contributed by atoms with Gasteiger partial charge in [0, 0.05) is 11.3 Å².